The van der Waals surface area contributed by atoms with Gasteiger partial charge in [0, 0.05) is 19.5 Å². The van der Waals surface area contributed by atoms with Crippen LogP contribution < -0.4 is 9.64 Å². The van der Waals surface area contributed by atoms with Crippen LogP contribution in [0.3, 0.4) is 0 Å². The van der Waals surface area contributed by atoms with Crippen molar-refractivity contribution in [3.8, 4) is 11.8 Å². The maximum atomic E-state index is 12.3. The molecule has 0 amide bonds. The second-order valence-electron chi connectivity index (χ2n) is 7.27. The Morgan fingerprint density at radius 2 is 1.94 bits per heavy atom. The van der Waals surface area contributed by atoms with E-state index in [9.17, 15) is 9.90 Å². The number of halogens is 1. The zero-order valence-corrected chi connectivity index (χ0v) is 18.1. The molecule has 168 valence electrons. The van der Waals surface area contributed by atoms with Crippen molar-refractivity contribution in [2.24, 2.45) is 0 Å². The number of methoxy groups -OCH3 is 1. The second-order valence-corrected chi connectivity index (χ2v) is 7.61. The molecular weight excluding hydrogens is 438 g/mol. The van der Waals surface area contributed by atoms with Crippen LogP contribution in [-0.4, -0.2) is 61.2 Å². The molecule has 0 bridgehead atoms. The van der Waals surface area contributed by atoms with Gasteiger partial charge in [-0.1, -0.05) is 17.3 Å². The SMILES string of the molecule is COC(=O)[C@H](Cc1ccc(O)cc1)n1cc(COc2nc(Cl)nc(N3CCCC3)n2)nn1. The Morgan fingerprint density at radius 1 is 1.19 bits per heavy atom. The number of aromatic nitrogens is 6. The maximum Gasteiger partial charge on any atom is 0.331 e. The number of hydrogen-bond acceptors (Lipinski definition) is 10. The highest BCUT2D eigenvalue weighted by Crippen LogP contribution is 2.21. The summed E-state index contributed by atoms with van der Waals surface area (Å²) in [5, 5.41) is 17.6. The van der Waals surface area contributed by atoms with Gasteiger partial charge in [0.25, 0.3) is 0 Å². The molecule has 1 saturated heterocycles. The number of anilines is 1. The fourth-order valence-electron chi connectivity index (χ4n) is 3.39. The first kappa shape index (κ1) is 21.8. The van der Waals surface area contributed by atoms with Crippen molar-refractivity contribution in [3.63, 3.8) is 0 Å². The number of nitrogens with zero attached hydrogens (tertiary/aromatic N) is 7. The average Bonchev–Trinajstić information content (AvgIpc) is 3.49. The number of carbonyl (C=O) groups excluding carboxylic acids is 1. The summed E-state index contributed by atoms with van der Waals surface area (Å²) in [6, 6.07) is 5.94. The van der Waals surface area contributed by atoms with Crippen molar-refractivity contribution in [1.29, 1.82) is 0 Å². The van der Waals surface area contributed by atoms with E-state index in [-0.39, 0.29) is 23.7 Å². The van der Waals surface area contributed by atoms with Crippen molar-refractivity contribution in [1.82, 2.24) is 29.9 Å². The number of esters is 1. The van der Waals surface area contributed by atoms with Crippen LogP contribution in [0.1, 0.15) is 30.1 Å². The van der Waals surface area contributed by atoms with E-state index < -0.39 is 12.0 Å². The quantitative estimate of drug-likeness (QED) is 0.499. The highest BCUT2D eigenvalue weighted by Gasteiger charge is 2.24. The zero-order valence-electron chi connectivity index (χ0n) is 17.4. The van der Waals surface area contributed by atoms with Gasteiger partial charge in [-0.05, 0) is 42.1 Å². The van der Waals surface area contributed by atoms with Crippen LogP contribution in [0.5, 0.6) is 11.8 Å². The Morgan fingerprint density at radius 3 is 2.66 bits per heavy atom. The number of hydrogen-bond donors (Lipinski definition) is 1. The minimum absolute atomic E-state index is 0.0346. The van der Waals surface area contributed by atoms with Gasteiger partial charge < -0.3 is 19.5 Å². The van der Waals surface area contributed by atoms with Crippen LogP contribution in [0, 0.1) is 0 Å². The number of phenols is 1. The number of aromatic hydroxyl groups is 1. The molecule has 0 radical (unpaired) electrons. The summed E-state index contributed by atoms with van der Waals surface area (Å²) in [4.78, 5) is 26.9. The van der Waals surface area contributed by atoms with Crippen LogP contribution in [0.4, 0.5) is 5.95 Å². The lowest BCUT2D eigenvalue weighted by atomic mass is 10.1. The third-order valence-electron chi connectivity index (χ3n) is 5.03. The fourth-order valence-corrected chi connectivity index (χ4v) is 3.54. The van der Waals surface area contributed by atoms with E-state index in [1.54, 1.807) is 30.5 Å². The van der Waals surface area contributed by atoms with Crippen molar-refractivity contribution in [2.75, 3.05) is 25.1 Å². The van der Waals surface area contributed by atoms with Gasteiger partial charge in [-0.2, -0.15) is 15.0 Å². The Hall–Kier alpha value is -3.47. The first-order valence-corrected chi connectivity index (χ1v) is 10.5. The summed E-state index contributed by atoms with van der Waals surface area (Å²) >= 11 is 6.03. The first-order chi connectivity index (χ1) is 15.5. The Bertz CT molecular complexity index is 1070. The molecule has 1 aliphatic heterocycles. The van der Waals surface area contributed by atoms with Crippen LogP contribution >= 0.6 is 11.6 Å². The van der Waals surface area contributed by atoms with E-state index in [0.717, 1.165) is 31.5 Å². The molecule has 1 aliphatic rings. The van der Waals surface area contributed by atoms with E-state index in [1.165, 1.54) is 11.8 Å². The minimum atomic E-state index is -0.723. The van der Waals surface area contributed by atoms with Gasteiger partial charge in [0.2, 0.25) is 11.2 Å². The molecule has 4 rings (SSSR count). The van der Waals surface area contributed by atoms with E-state index >= 15 is 0 Å². The van der Waals surface area contributed by atoms with Crippen LogP contribution in [0.2, 0.25) is 5.28 Å². The van der Waals surface area contributed by atoms with Gasteiger partial charge in [-0.25, -0.2) is 9.48 Å². The van der Waals surface area contributed by atoms with Gasteiger partial charge in [0.15, 0.2) is 6.04 Å². The van der Waals surface area contributed by atoms with E-state index in [1.807, 2.05) is 4.90 Å². The molecule has 12 heteroatoms. The number of carbonyl (C=O) groups is 1. The van der Waals surface area contributed by atoms with Crippen molar-refractivity contribution in [3.05, 3.63) is 47.0 Å². The number of phenolic OH excluding ortho intramolecular Hbond substituents is 1. The predicted octanol–water partition coefficient (Wildman–Crippen LogP) is 1.96. The van der Waals surface area contributed by atoms with E-state index in [0.29, 0.717) is 18.1 Å². The van der Waals surface area contributed by atoms with Gasteiger partial charge in [0.1, 0.15) is 18.1 Å². The lowest BCUT2D eigenvalue weighted by Gasteiger charge is -2.15. The molecule has 0 unspecified atom stereocenters. The highest BCUT2D eigenvalue weighted by molar-refractivity contribution is 6.28. The molecule has 1 N–H and O–H groups in total. The number of benzene rings is 1. The smallest absolute Gasteiger partial charge is 0.331 e. The van der Waals surface area contributed by atoms with Gasteiger partial charge in [-0.3, -0.25) is 0 Å². The zero-order chi connectivity index (χ0) is 22.5. The van der Waals surface area contributed by atoms with Crippen LogP contribution in [0.15, 0.2) is 30.5 Å². The standard InChI is InChI=1S/C20H22ClN7O4/c1-31-17(30)16(10-13-4-6-15(29)7-5-13)28-11-14(25-26-28)12-32-20-23-18(21)22-19(24-20)27-8-2-3-9-27/h4-7,11,16,29H,2-3,8-10,12H2,1H3/t16-/m0/s1. The predicted molar refractivity (Wildman–Crippen MR) is 114 cm³/mol. The van der Waals surface area contributed by atoms with Gasteiger partial charge in [0.05, 0.1) is 13.3 Å². The molecule has 0 spiro atoms. The molecule has 3 heterocycles. The third-order valence-corrected chi connectivity index (χ3v) is 5.20. The maximum absolute atomic E-state index is 12.3. The van der Waals surface area contributed by atoms with Gasteiger partial charge >= 0.3 is 12.0 Å². The van der Waals surface area contributed by atoms with Crippen molar-refractivity contribution < 1.29 is 19.4 Å². The largest absolute Gasteiger partial charge is 0.508 e. The molecule has 1 atom stereocenters. The molecule has 32 heavy (non-hydrogen) atoms. The highest BCUT2D eigenvalue weighted by atomic mass is 35.5. The van der Waals surface area contributed by atoms with Crippen LogP contribution in [0.25, 0.3) is 0 Å². The topological polar surface area (TPSA) is 128 Å². The second kappa shape index (κ2) is 9.77. The summed E-state index contributed by atoms with van der Waals surface area (Å²) in [5.74, 6) is 0.172. The summed E-state index contributed by atoms with van der Waals surface area (Å²) in [6.07, 6.45) is 4.08. The Labute approximate surface area is 189 Å². The molecule has 0 aliphatic carbocycles. The summed E-state index contributed by atoms with van der Waals surface area (Å²) in [6.45, 7) is 1.76. The molecule has 1 fully saturated rings. The Balaban J connectivity index is 1.45. The lowest BCUT2D eigenvalue weighted by molar-refractivity contribution is -0.144. The number of rotatable bonds is 8. The molecule has 0 saturated carbocycles. The fraction of sp³-hybridized carbons (Fsp3) is 0.400. The normalized spacial score (nSPS) is 14.4. The van der Waals surface area contributed by atoms with Crippen molar-refractivity contribution in [2.45, 2.75) is 31.9 Å². The third kappa shape index (κ3) is 5.22. The minimum Gasteiger partial charge on any atom is -0.508 e. The Kier molecular flexibility index (Phi) is 6.64. The van der Waals surface area contributed by atoms with Crippen LogP contribution in [-0.2, 0) is 22.6 Å². The van der Waals surface area contributed by atoms with E-state index in [4.69, 9.17) is 21.1 Å². The molecule has 1 aromatic carbocycles. The molecule has 3 aromatic rings. The van der Waals surface area contributed by atoms with Crippen molar-refractivity contribution >= 4 is 23.5 Å². The first-order valence-electron chi connectivity index (χ1n) is 10.1. The molecule has 11 nitrogen and oxygen atoms in total. The number of ether oxygens (including phenoxy) is 2. The molecular formula is C20H22ClN7O4. The van der Waals surface area contributed by atoms with E-state index in [2.05, 4.69) is 25.3 Å². The lowest BCUT2D eigenvalue weighted by Crippen LogP contribution is -2.23. The summed E-state index contributed by atoms with van der Waals surface area (Å²) in [5.41, 5.74) is 1.31. The summed E-state index contributed by atoms with van der Waals surface area (Å²) in [7, 11) is 1.32. The monoisotopic (exact) mass is 459 g/mol. The summed E-state index contributed by atoms with van der Waals surface area (Å²) < 4.78 is 12.0. The molecule has 2 aromatic heterocycles. The van der Waals surface area contributed by atoms with Gasteiger partial charge in [-0.15, -0.1) is 5.10 Å². The average molecular weight is 460 g/mol.